The Labute approximate surface area is 102 Å². The number of rotatable bonds is 6. The first-order chi connectivity index (χ1) is 8.17. The number of esters is 1. The summed E-state index contributed by atoms with van der Waals surface area (Å²) in [6, 6.07) is 7.57. The highest BCUT2D eigenvalue weighted by atomic mass is 16.6. The second-order valence-corrected chi connectivity index (χ2v) is 3.70. The molecule has 0 saturated carbocycles. The third-order valence-corrected chi connectivity index (χ3v) is 2.26. The molecule has 1 aromatic carbocycles. The summed E-state index contributed by atoms with van der Waals surface area (Å²) in [5.41, 5.74) is 6.58. The molecule has 0 aliphatic rings. The van der Waals surface area contributed by atoms with Gasteiger partial charge in [0.2, 0.25) is 0 Å². The number of carbonyl (C=O) groups excluding carboxylic acids is 1. The molecule has 0 aliphatic heterocycles. The topological polar surface area (TPSA) is 61.5 Å². The summed E-state index contributed by atoms with van der Waals surface area (Å²) < 4.78 is 10.4. The Kier molecular flexibility index (Phi) is 5.49. The van der Waals surface area contributed by atoms with Gasteiger partial charge in [-0.25, -0.2) is 4.79 Å². The van der Waals surface area contributed by atoms with E-state index in [9.17, 15) is 4.79 Å². The number of hydrogen-bond donors (Lipinski definition) is 1. The monoisotopic (exact) mass is 237 g/mol. The highest BCUT2D eigenvalue weighted by Gasteiger charge is 2.15. The molecule has 94 valence electrons. The Morgan fingerprint density at radius 2 is 2.24 bits per heavy atom. The minimum atomic E-state index is -0.594. The zero-order chi connectivity index (χ0) is 12.7. The van der Waals surface area contributed by atoms with Crippen LogP contribution in [0.3, 0.4) is 0 Å². The third kappa shape index (κ3) is 4.44. The molecule has 0 heterocycles. The van der Waals surface area contributed by atoms with E-state index in [1.807, 2.05) is 24.3 Å². The van der Waals surface area contributed by atoms with Gasteiger partial charge in [0, 0.05) is 0 Å². The second-order valence-electron chi connectivity index (χ2n) is 3.70. The van der Waals surface area contributed by atoms with Crippen LogP contribution in [0, 0.1) is 0 Å². The van der Waals surface area contributed by atoms with Crippen molar-refractivity contribution in [2.75, 3.05) is 13.2 Å². The highest BCUT2D eigenvalue weighted by molar-refractivity contribution is 5.74. The SMILES string of the molecule is CCOC(=O)C(C)Oc1cccc(CCN)c1. The minimum Gasteiger partial charge on any atom is -0.479 e. The Morgan fingerprint density at radius 1 is 1.47 bits per heavy atom. The van der Waals surface area contributed by atoms with Gasteiger partial charge in [-0.05, 0) is 44.5 Å². The van der Waals surface area contributed by atoms with Crippen molar-refractivity contribution in [1.82, 2.24) is 0 Å². The molecule has 0 spiro atoms. The van der Waals surface area contributed by atoms with E-state index in [-0.39, 0.29) is 5.97 Å². The van der Waals surface area contributed by atoms with Crippen LogP contribution in [-0.2, 0) is 16.0 Å². The van der Waals surface area contributed by atoms with Gasteiger partial charge in [-0.2, -0.15) is 0 Å². The van der Waals surface area contributed by atoms with E-state index in [4.69, 9.17) is 15.2 Å². The molecule has 4 heteroatoms. The van der Waals surface area contributed by atoms with Gasteiger partial charge in [0.15, 0.2) is 6.10 Å². The second kappa shape index (κ2) is 6.91. The fraction of sp³-hybridized carbons (Fsp3) is 0.462. The first kappa shape index (κ1) is 13.5. The molecule has 0 saturated heterocycles. The van der Waals surface area contributed by atoms with E-state index < -0.39 is 6.10 Å². The van der Waals surface area contributed by atoms with Crippen LogP contribution in [-0.4, -0.2) is 25.2 Å². The molecular weight excluding hydrogens is 218 g/mol. The molecule has 0 aliphatic carbocycles. The van der Waals surface area contributed by atoms with Crippen LogP contribution < -0.4 is 10.5 Å². The predicted octanol–water partition coefficient (Wildman–Crippen LogP) is 1.52. The lowest BCUT2D eigenvalue weighted by molar-refractivity contribution is -0.150. The van der Waals surface area contributed by atoms with Crippen LogP contribution in [0.5, 0.6) is 5.75 Å². The first-order valence-electron chi connectivity index (χ1n) is 5.79. The van der Waals surface area contributed by atoms with Crippen molar-refractivity contribution in [1.29, 1.82) is 0 Å². The van der Waals surface area contributed by atoms with Crippen LogP contribution in [0.25, 0.3) is 0 Å². The molecule has 17 heavy (non-hydrogen) atoms. The number of nitrogens with two attached hydrogens (primary N) is 1. The van der Waals surface area contributed by atoms with Crippen LogP contribution in [0.2, 0.25) is 0 Å². The molecule has 0 bridgehead atoms. The molecule has 1 atom stereocenters. The minimum absolute atomic E-state index is 0.350. The molecule has 2 N–H and O–H groups in total. The van der Waals surface area contributed by atoms with Gasteiger partial charge in [-0.3, -0.25) is 0 Å². The summed E-state index contributed by atoms with van der Waals surface area (Å²) >= 11 is 0. The summed E-state index contributed by atoms with van der Waals surface area (Å²) in [7, 11) is 0. The lowest BCUT2D eigenvalue weighted by Crippen LogP contribution is -2.26. The van der Waals surface area contributed by atoms with Crippen LogP contribution in [0.1, 0.15) is 19.4 Å². The molecule has 1 aromatic rings. The van der Waals surface area contributed by atoms with Gasteiger partial charge in [-0.1, -0.05) is 12.1 Å². The molecule has 0 fully saturated rings. The van der Waals surface area contributed by atoms with Gasteiger partial charge >= 0.3 is 5.97 Å². The fourth-order valence-electron chi connectivity index (χ4n) is 1.45. The van der Waals surface area contributed by atoms with E-state index in [1.165, 1.54) is 0 Å². The van der Waals surface area contributed by atoms with E-state index in [0.717, 1.165) is 12.0 Å². The zero-order valence-electron chi connectivity index (χ0n) is 10.3. The van der Waals surface area contributed by atoms with E-state index in [0.29, 0.717) is 18.9 Å². The van der Waals surface area contributed by atoms with Gasteiger partial charge in [0.05, 0.1) is 6.61 Å². The Morgan fingerprint density at radius 3 is 2.88 bits per heavy atom. The van der Waals surface area contributed by atoms with Crippen molar-refractivity contribution < 1.29 is 14.3 Å². The van der Waals surface area contributed by atoms with Crippen LogP contribution in [0.4, 0.5) is 0 Å². The predicted molar refractivity (Wildman–Crippen MR) is 65.9 cm³/mol. The van der Waals surface area contributed by atoms with Crippen molar-refractivity contribution in [3.05, 3.63) is 29.8 Å². The van der Waals surface area contributed by atoms with Crippen molar-refractivity contribution in [2.24, 2.45) is 5.73 Å². The largest absolute Gasteiger partial charge is 0.479 e. The number of benzene rings is 1. The standard InChI is InChI=1S/C13H19NO3/c1-3-16-13(15)10(2)17-12-6-4-5-11(9-12)7-8-14/h4-6,9-10H,3,7-8,14H2,1-2H3. The third-order valence-electron chi connectivity index (χ3n) is 2.26. The molecular formula is C13H19NO3. The quantitative estimate of drug-likeness (QED) is 0.762. The lowest BCUT2D eigenvalue weighted by atomic mass is 10.1. The lowest BCUT2D eigenvalue weighted by Gasteiger charge is -2.13. The maximum absolute atomic E-state index is 11.4. The summed E-state index contributed by atoms with van der Waals surface area (Å²) in [4.78, 5) is 11.4. The average Bonchev–Trinajstić information content (AvgIpc) is 2.30. The molecule has 4 nitrogen and oxygen atoms in total. The van der Waals surface area contributed by atoms with Crippen molar-refractivity contribution in [3.63, 3.8) is 0 Å². The van der Waals surface area contributed by atoms with Gasteiger partial charge in [-0.15, -0.1) is 0 Å². The van der Waals surface area contributed by atoms with E-state index in [2.05, 4.69) is 0 Å². The van der Waals surface area contributed by atoms with Crippen LogP contribution in [0.15, 0.2) is 24.3 Å². The number of ether oxygens (including phenoxy) is 2. The fourth-order valence-corrected chi connectivity index (χ4v) is 1.45. The maximum atomic E-state index is 11.4. The summed E-state index contributed by atoms with van der Waals surface area (Å²) in [5.74, 6) is 0.313. The smallest absolute Gasteiger partial charge is 0.347 e. The van der Waals surface area contributed by atoms with Crippen molar-refractivity contribution in [2.45, 2.75) is 26.4 Å². The molecule has 1 rings (SSSR count). The first-order valence-corrected chi connectivity index (χ1v) is 5.79. The van der Waals surface area contributed by atoms with Crippen molar-refractivity contribution in [3.8, 4) is 5.75 Å². The highest BCUT2D eigenvalue weighted by Crippen LogP contribution is 2.15. The average molecular weight is 237 g/mol. The maximum Gasteiger partial charge on any atom is 0.347 e. The van der Waals surface area contributed by atoms with Gasteiger partial charge in [0.1, 0.15) is 5.75 Å². The Balaban J connectivity index is 2.61. The molecule has 0 aromatic heterocycles. The van der Waals surface area contributed by atoms with E-state index >= 15 is 0 Å². The molecule has 1 unspecified atom stereocenters. The summed E-state index contributed by atoms with van der Waals surface area (Å²) in [5, 5.41) is 0. The Hall–Kier alpha value is -1.55. The normalized spacial score (nSPS) is 11.9. The summed E-state index contributed by atoms with van der Waals surface area (Å²) in [6.45, 7) is 4.40. The summed E-state index contributed by atoms with van der Waals surface area (Å²) in [6.07, 6.45) is 0.202. The Bertz CT molecular complexity index is 365. The molecule has 0 radical (unpaired) electrons. The number of carbonyl (C=O) groups is 1. The van der Waals surface area contributed by atoms with Crippen LogP contribution >= 0.6 is 0 Å². The zero-order valence-corrected chi connectivity index (χ0v) is 10.3. The molecule has 0 amide bonds. The van der Waals surface area contributed by atoms with E-state index in [1.54, 1.807) is 13.8 Å². The van der Waals surface area contributed by atoms with Gasteiger partial charge in [0.25, 0.3) is 0 Å². The van der Waals surface area contributed by atoms with Gasteiger partial charge < -0.3 is 15.2 Å². The van der Waals surface area contributed by atoms with Crippen molar-refractivity contribution >= 4 is 5.97 Å². The number of hydrogen-bond acceptors (Lipinski definition) is 4.